The van der Waals surface area contributed by atoms with Crippen molar-refractivity contribution >= 4 is 33.7 Å². The smallest absolute Gasteiger partial charge is 0.0988 e. The van der Waals surface area contributed by atoms with Gasteiger partial charge in [0.1, 0.15) is 0 Å². The molecule has 1 aliphatic carbocycles. The quantitative estimate of drug-likeness (QED) is 0.0807. The largest absolute Gasteiger partial charge is 0.243 e. The molecule has 0 saturated carbocycles. The molecule has 8 aromatic rings. The zero-order valence-corrected chi connectivity index (χ0v) is 44.8. The summed E-state index contributed by atoms with van der Waals surface area (Å²) in [5, 5.41) is 0. The van der Waals surface area contributed by atoms with Crippen molar-refractivity contribution in [2.24, 2.45) is 11.8 Å². The molecule has 2 atom stereocenters. The summed E-state index contributed by atoms with van der Waals surface area (Å²) in [5.74, 6) is 2.28. The van der Waals surface area contributed by atoms with E-state index in [2.05, 4.69) is 191 Å². The highest BCUT2D eigenvalue weighted by Gasteiger charge is 2.45. The zero-order valence-electron chi connectivity index (χ0n) is 43.1. The Morgan fingerprint density at radius 2 is 0.913 bits per heavy atom. The van der Waals surface area contributed by atoms with Gasteiger partial charge < -0.3 is 0 Å². The third-order valence-electron chi connectivity index (χ3n) is 15.6. The fourth-order valence-electron chi connectivity index (χ4n) is 11.4. The van der Waals surface area contributed by atoms with E-state index in [0.717, 1.165) is 44.7 Å². The number of fused-ring (bicyclic) bond motifs is 4. The van der Waals surface area contributed by atoms with Crippen molar-refractivity contribution in [3.63, 3.8) is 0 Å². The van der Waals surface area contributed by atoms with Crippen LogP contribution in [0.4, 0.5) is 0 Å². The third-order valence-corrected chi connectivity index (χ3v) is 17.8. The molecule has 0 amide bonds. The molecule has 0 N–H and O–H groups in total. The van der Waals surface area contributed by atoms with Crippen molar-refractivity contribution in [3.8, 4) is 65.0 Å². The number of hydrogen-bond acceptors (Lipinski definition) is 4. The zero-order chi connectivity index (χ0) is 48.4. The van der Waals surface area contributed by atoms with E-state index in [9.17, 15) is 0 Å². The van der Waals surface area contributed by atoms with Crippen LogP contribution in [-0.4, -0.2) is 9.97 Å². The lowest BCUT2D eigenvalue weighted by molar-refractivity contribution is 0.266. The molecule has 2 unspecified atom stereocenters. The molecular formula is C65H74N2S2. The SMILES string of the molecule is CCCCC(CC)CC1(CC(CC)CCCC)c2cc(C)ccc2-c2ccc(-c3ccc(-c4ccc(-c5ccc(C)s5)c5nc(-c6ccc(C(C)C)cc6)c(-c6ccc(C(C)C)cc6)nc45)s3)cc21. The molecule has 356 valence electrons. The normalized spacial score (nSPS) is 15.3. The Hall–Kier alpha value is -5.16. The predicted molar refractivity (Wildman–Crippen MR) is 302 cm³/mol. The van der Waals surface area contributed by atoms with Crippen LogP contribution < -0.4 is 0 Å². The predicted octanol–water partition coefficient (Wildman–Crippen LogP) is 20.4. The molecule has 5 aromatic carbocycles. The van der Waals surface area contributed by atoms with E-state index < -0.39 is 0 Å². The van der Waals surface area contributed by atoms with Crippen molar-refractivity contribution < 1.29 is 0 Å². The van der Waals surface area contributed by atoms with Gasteiger partial charge in [-0.3, -0.25) is 0 Å². The topological polar surface area (TPSA) is 25.8 Å². The number of unbranched alkanes of at least 4 members (excludes halogenated alkanes) is 2. The highest BCUT2D eigenvalue weighted by Crippen LogP contribution is 2.57. The van der Waals surface area contributed by atoms with Gasteiger partial charge in [0.15, 0.2) is 0 Å². The Bertz CT molecular complexity index is 3020. The molecule has 0 aliphatic heterocycles. The van der Waals surface area contributed by atoms with Crippen LogP contribution >= 0.6 is 22.7 Å². The first kappa shape index (κ1) is 48.8. The molecule has 0 radical (unpaired) electrons. The highest BCUT2D eigenvalue weighted by molar-refractivity contribution is 7.19. The van der Waals surface area contributed by atoms with Crippen LogP contribution in [0.25, 0.3) is 76.0 Å². The molecule has 0 saturated heterocycles. The molecule has 1 aliphatic rings. The number of aromatic nitrogens is 2. The molecular weight excluding hydrogens is 873 g/mol. The summed E-state index contributed by atoms with van der Waals surface area (Å²) in [7, 11) is 0. The monoisotopic (exact) mass is 947 g/mol. The summed E-state index contributed by atoms with van der Waals surface area (Å²) < 4.78 is 0. The lowest BCUT2D eigenvalue weighted by Gasteiger charge is -2.39. The molecule has 2 nitrogen and oxygen atoms in total. The second-order valence-electron chi connectivity index (χ2n) is 21.0. The van der Waals surface area contributed by atoms with Gasteiger partial charge in [-0.2, -0.15) is 0 Å². The molecule has 69 heavy (non-hydrogen) atoms. The number of aryl methyl sites for hydroxylation is 2. The van der Waals surface area contributed by atoms with E-state index in [4.69, 9.17) is 9.97 Å². The minimum Gasteiger partial charge on any atom is -0.243 e. The van der Waals surface area contributed by atoms with Gasteiger partial charge in [-0.15, -0.1) is 22.7 Å². The maximum atomic E-state index is 5.76. The molecule has 0 spiro atoms. The van der Waals surface area contributed by atoms with Crippen LogP contribution in [0.5, 0.6) is 0 Å². The van der Waals surface area contributed by atoms with E-state index in [0.29, 0.717) is 23.7 Å². The molecule has 0 fully saturated rings. The Morgan fingerprint density at radius 3 is 1.39 bits per heavy atom. The Morgan fingerprint density at radius 1 is 0.464 bits per heavy atom. The standard InChI is InChI=1S/C65H74N2S2/c1-11-15-17-45(13-3)39-65(40-46(14-4)18-16-12-2)56-37-43(9)19-30-52(56)53-31-29-51(38-57(53)65)58-35-36-60(69-58)55-33-32-54(59-34-20-44(10)68-59)63-64(55)67-62(50-27-23-48(24-28-50)42(7)8)61(66-63)49-25-21-47(22-26-49)41(5)6/h19-38,41-42,45-46H,11-18,39-40H2,1-10H3. The first-order valence-electron chi connectivity index (χ1n) is 26.4. The summed E-state index contributed by atoms with van der Waals surface area (Å²) in [4.78, 5) is 16.5. The van der Waals surface area contributed by atoms with Crippen molar-refractivity contribution in [1.29, 1.82) is 0 Å². The Kier molecular flexibility index (Phi) is 14.9. The summed E-state index contributed by atoms with van der Waals surface area (Å²) in [5.41, 5.74) is 19.6. The van der Waals surface area contributed by atoms with Crippen LogP contribution in [0, 0.1) is 25.7 Å². The van der Waals surface area contributed by atoms with Crippen LogP contribution in [0.2, 0.25) is 0 Å². The van der Waals surface area contributed by atoms with Gasteiger partial charge in [-0.05, 0) is 120 Å². The van der Waals surface area contributed by atoms with Crippen LogP contribution in [-0.2, 0) is 5.41 Å². The first-order valence-corrected chi connectivity index (χ1v) is 28.1. The van der Waals surface area contributed by atoms with Crippen molar-refractivity contribution in [3.05, 3.63) is 154 Å². The number of rotatable bonds is 19. The summed E-state index contributed by atoms with van der Waals surface area (Å²) >= 11 is 3.73. The van der Waals surface area contributed by atoms with Crippen LogP contribution in [0.3, 0.4) is 0 Å². The van der Waals surface area contributed by atoms with Gasteiger partial charge in [0.2, 0.25) is 0 Å². The number of nitrogens with zero attached hydrogens (tertiary/aromatic N) is 2. The summed E-state index contributed by atoms with van der Waals surface area (Å²) in [6, 6.07) is 46.7. The first-order chi connectivity index (χ1) is 33.4. The van der Waals surface area contributed by atoms with Gasteiger partial charge in [0, 0.05) is 47.2 Å². The summed E-state index contributed by atoms with van der Waals surface area (Å²) in [6.45, 7) is 23.1. The lowest BCUT2D eigenvalue weighted by atomic mass is 9.65. The molecule has 3 heterocycles. The maximum Gasteiger partial charge on any atom is 0.0988 e. The molecule has 3 aromatic heterocycles. The van der Waals surface area contributed by atoms with E-state index in [1.54, 1.807) is 11.1 Å². The Balaban J connectivity index is 1.21. The van der Waals surface area contributed by atoms with Gasteiger partial charge in [0.25, 0.3) is 0 Å². The van der Waals surface area contributed by atoms with Gasteiger partial charge in [-0.25, -0.2) is 9.97 Å². The van der Waals surface area contributed by atoms with E-state index in [1.807, 2.05) is 22.7 Å². The van der Waals surface area contributed by atoms with Gasteiger partial charge in [0.05, 0.1) is 22.4 Å². The van der Waals surface area contributed by atoms with Crippen LogP contribution in [0.15, 0.2) is 121 Å². The average Bonchev–Trinajstić information content (AvgIpc) is 4.10. The minimum absolute atomic E-state index is 0.00597. The second-order valence-corrected chi connectivity index (χ2v) is 23.4. The van der Waals surface area contributed by atoms with E-state index >= 15 is 0 Å². The summed E-state index contributed by atoms with van der Waals surface area (Å²) in [6.07, 6.45) is 12.7. The number of thiophene rings is 2. The molecule has 9 rings (SSSR count). The second kappa shape index (κ2) is 21.1. The van der Waals surface area contributed by atoms with Crippen molar-refractivity contribution in [1.82, 2.24) is 9.97 Å². The highest BCUT2D eigenvalue weighted by atomic mass is 32.1. The van der Waals surface area contributed by atoms with Crippen molar-refractivity contribution in [2.75, 3.05) is 0 Å². The molecule has 0 bridgehead atoms. The molecule has 4 heteroatoms. The van der Waals surface area contributed by atoms with E-state index in [-0.39, 0.29) is 5.41 Å². The fraction of sp³-hybridized carbons (Fsp3) is 0.385. The fourth-order valence-corrected chi connectivity index (χ4v) is 13.3. The Labute approximate surface area is 422 Å². The van der Waals surface area contributed by atoms with E-state index in [1.165, 1.54) is 117 Å². The minimum atomic E-state index is -0.00597. The number of hydrogen-bond donors (Lipinski definition) is 0. The van der Waals surface area contributed by atoms with Crippen molar-refractivity contribution in [2.45, 2.75) is 151 Å². The average molecular weight is 947 g/mol. The number of benzene rings is 5. The van der Waals surface area contributed by atoms with Gasteiger partial charge in [-0.1, -0.05) is 203 Å². The van der Waals surface area contributed by atoms with Gasteiger partial charge >= 0.3 is 0 Å². The third kappa shape index (κ3) is 9.83. The lowest BCUT2D eigenvalue weighted by Crippen LogP contribution is -2.31. The maximum absolute atomic E-state index is 5.76. The van der Waals surface area contributed by atoms with Crippen LogP contribution in [0.1, 0.15) is 164 Å².